The quantitative estimate of drug-likeness (QED) is 0.847. The van der Waals surface area contributed by atoms with Crippen molar-refractivity contribution in [2.75, 3.05) is 13.7 Å². The predicted octanol–water partition coefficient (Wildman–Crippen LogP) is 2.15. The van der Waals surface area contributed by atoms with E-state index < -0.39 is 0 Å². The number of hydrogen-bond donors (Lipinski definition) is 2. The van der Waals surface area contributed by atoms with Crippen LogP contribution in [0.4, 0.5) is 0 Å². The molecular weight excluding hydrogens is 254 g/mol. The number of ether oxygens (including phenoxy) is 1. The number of imidazole rings is 1. The molecule has 0 atom stereocenters. The van der Waals surface area contributed by atoms with E-state index in [0.29, 0.717) is 13.0 Å². The van der Waals surface area contributed by atoms with Gasteiger partial charge in [0, 0.05) is 36.8 Å². The van der Waals surface area contributed by atoms with E-state index in [1.54, 1.807) is 13.3 Å². The van der Waals surface area contributed by atoms with E-state index >= 15 is 0 Å². The molecule has 2 aromatic rings. The molecule has 5 nitrogen and oxygen atoms in total. The Morgan fingerprint density at radius 3 is 2.75 bits per heavy atom. The number of benzene rings is 1. The minimum absolute atomic E-state index is 0.0693. The monoisotopic (exact) mass is 273 g/mol. The van der Waals surface area contributed by atoms with Gasteiger partial charge in [0.25, 0.3) is 0 Å². The number of hydrogen-bond acceptors (Lipinski definition) is 3. The number of amides is 1. The largest absolute Gasteiger partial charge is 0.497 e. The Kier molecular flexibility index (Phi) is 4.76. The molecule has 5 heteroatoms. The van der Waals surface area contributed by atoms with Crippen molar-refractivity contribution in [3.05, 3.63) is 36.2 Å². The fraction of sp³-hybridized carbons (Fsp3) is 0.333. The summed E-state index contributed by atoms with van der Waals surface area (Å²) in [5.41, 5.74) is 2.02. The molecule has 1 amide bonds. The molecule has 0 saturated heterocycles. The highest BCUT2D eigenvalue weighted by Crippen LogP contribution is 2.19. The van der Waals surface area contributed by atoms with Gasteiger partial charge >= 0.3 is 0 Å². The highest BCUT2D eigenvalue weighted by atomic mass is 16.5. The predicted molar refractivity (Wildman–Crippen MR) is 77.6 cm³/mol. The van der Waals surface area contributed by atoms with E-state index in [-0.39, 0.29) is 5.91 Å². The molecule has 0 radical (unpaired) electrons. The molecule has 0 saturated carbocycles. The van der Waals surface area contributed by atoms with Gasteiger partial charge < -0.3 is 15.0 Å². The van der Waals surface area contributed by atoms with Gasteiger partial charge in [-0.25, -0.2) is 4.98 Å². The molecule has 0 aliphatic heterocycles. The molecule has 1 heterocycles. The molecular formula is C15H19N3O2. The van der Waals surface area contributed by atoms with Gasteiger partial charge in [-0.2, -0.15) is 0 Å². The lowest BCUT2D eigenvalue weighted by Gasteiger charge is -2.02. The fourth-order valence-electron chi connectivity index (χ4n) is 1.84. The first kappa shape index (κ1) is 14.1. The third kappa shape index (κ3) is 3.60. The van der Waals surface area contributed by atoms with Crippen LogP contribution < -0.4 is 10.1 Å². The third-order valence-corrected chi connectivity index (χ3v) is 3.03. The van der Waals surface area contributed by atoms with Crippen LogP contribution in [0.3, 0.4) is 0 Å². The van der Waals surface area contributed by atoms with Gasteiger partial charge in [0.05, 0.1) is 7.11 Å². The lowest BCUT2D eigenvalue weighted by atomic mass is 10.2. The second-order valence-electron chi connectivity index (χ2n) is 4.44. The van der Waals surface area contributed by atoms with Crippen molar-refractivity contribution in [2.45, 2.75) is 19.8 Å². The Morgan fingerprint density at radius 2 is 2.10 bits per heavy atom. The maximum absolute atomic E-state index is 11.1. The molecule has 0 fully saturated rings. The number of aromatic amines is 1. The van der Waals surface area contributed by atoms with Gasteiger partial charge in [-0.05, 0) is 24.3 Å². The number of aromatic nitrogens is 2. The summed E-state index contributed by atoms with van der Waals surface area (Å²) >= 11 is 0. The second kappa shape index (κ2) is 6.75. The fourth-order valence-corrected chi connectivity index (χ4v) is 1.84. The Morgan fingerprint density at radius 1 is 1.35 bits per heavy atom. The van der Waals surface area contributed by atoms with Crippen LogP contribution >= 0.6 is 0 Å². The van der Waals surface area contributed by atoms with Gasteiger partial charge in [0.2, 0.25) is 5.91 Å². The minimum Gasteiger partial charge on any atom is -0.497 e. The van der Waals surface area contributed by atoms with Crippen LogP contribution in [0.5, 0.6) is 5.75 Å². The van der Waals surface area contributed by atoms with Crippen molar-refractivity contribution >= 4 is 5.91 Å². The summed E-state index contributed by atoms with van der Waals surface area (Å²) in [6.07, 6.45) is 3.06. The molecule has 20 heavy (non-hydrogen) atoms. The summed E-state index contributed by atoms with van der Waals surface area (Å²) in [4.78, 5) is 18.7. The van der Waals surface area contributed by atoms with Crippen molar-refractivity contribution < 1.29 is 9.53 Å². The zero-order chi connectivity index (χ0) is 14.4. The molecule has 0 aliphatic carbocycles. The molecule has 0 unspecified atom stereocenters. The molecule has 2 N–H and O–H groups in total. The molecule has 0 spiro atoms. The van der Waals surface area contributed by atoms with Gasteiger partial charge in [0.1, 0.15) is 11.6 Å². The van der Waals surface area contributed by atoms with Crippen molar-refractivity contribution in [1.82, 2.24) is 15.3 Å². The number of nitrogens with zero attached hydrogens (tertiary/aromatic N) is 1. The second-order valence-corrected chi connectivity index (χ2v) is 4.44. The first-order valence-corrected chi connectivity index (χ1v) is 6.68. The highest BCUT2D eigenvalue weighted by molar-refractivity contribution is 5.75. The average Bonchev–Trinajstić information content (AvgIpc) is 2.96. The maximum atomic E-state index is 11.1. The zero-order valence-electron chi connectivity index (χ0n) is 11.8. The Bertz CT molecular complexity index is 561. The third-order valence-electron chi connectivity index (χ3n) is 3.03. The topological polar surface area (TPSA) is 67.0 Å². The van der Waals surface area contributed by atoms with Crippen LogP contribution in [0.2, 0.25) is 0 Å². The lowest BCUT2D eigenvalue weighted by Crippen LogP contribution is -2.24. The van der Waals surface area contributed by atoms with E-state index in [1.807, 2.05) is 31.2 Å². The van der Waals surface area contributed by atoms with Crippen LogP contribution in [0.1, 0.15) is 19.0 Å². The maximum Gasteiger partial charge on any atom is 0.219 e. The summed E-state index contributed by atoms with van der Waals surface area (Å²) in [6, 6.07) is 7.72. The minimum atomic E-state index is 0.0693. The van der Waals surface area contributed by atoms with Crippen LogP contribution in [-0.4, -0.2) is 29.5 Å². The first-order valence-electron chi connectivity index (χ1n) is 6.68. The zero-order valence-corrected chi connectivity index (χ0v) is 11.8. The smallest absolute Gasteiger partial charge is 0.219 e. The SMILES string of the molecule is CCC(=O)NCCc1cnc(-c2ccc(OC)cc2)[nH]1. The van der Waals surface area contributed by atoms with Crippen molar-refractivity contribution in [2.24, 2.45) is 0 Å². The molecule has 1 aromatic heterocycles. The van der Waals surface area contributed by atoms with E-state index in [4.69, 9.17) is 4.74 Å². The van der Waals surface area contributed by atoms with Crippen molar-refractivity contribution in [1.29, 1.82) is 0 Å². The Hall–Kier alpha value is -2.30. The van der Waals surface area contributed by atoms with Crippen LogP contribution in [0, 0.1) is 0 Å². The normalized spacial score (nSPS) is 10.3. The number of methoxy groups -OCH3 is 1. The van der Waals surface area contributed by atoms with Crippen LogP contribution in [0.25, 0.3) is 11.4 Å². The van der Waals surface area contributed by atoms with Gasteiger partial charge in [-0.15, -0.1) is 0 Å². The average molecular weight is 273 g/mol. The van der Waals surface area contributed by atoms with Gasteiger partial charge in [0.15, 0.2) is 0 Å². The van der Waals surface area contributed by atoms with Gasteiger partial charge in [-0.3, -0.25) is 4.79 Å². The molecule has 2 rings (SSSR count). The summed E-state index contributed by atoms with van der Waals surface area (Å²) in [6.45, 7) is 2.46. The number of carbonyl (C=O) groups is 1. The summed E-state index contributed by atoms with van der Waals surface area (Å²) < 4.78 is 5.13. The summed E-state index contributed by atoms with van der Waals surface area (Å²) in [5.74, 6) is 1.71. The number of H-pyrrole nitrogens is 1. The van der Waals surface area contributed by atoms with E-state index in [9.17, 15) is 4.79 Å². The molecule has 1 aromatic carbocycles. The first-order chi connectivity index (χ1) is 9.72. The molecule has 106 valence electrons. The number of nitrogens with one attached hydrogen (secondary N) is 2. The van der Waals surface area contributed by atoms with Crippen LogP contribution in [-0.2, 0) is 11.2 Å². The van der Waals surface area contributed by atoms with Gasteiger partial charge in [-0.1, -0.05) is 6.92 Å². The molecule has 0 aliphatic rings. The summed E-state index contributed by atoms with van der Waals surface area (Å²) in [5, 5.41) is 2.84. The summed E-state index contributed by atoms with van der Waals surface area (Å²) in [7, 11) is 1.64. The van der Waals surface area contributed by atoms with Crippen LogP contribution in [0.15, 0.2) is 30.5 Å². The Labute approximate surface area is 118 Å². The number of rotatable bonds is 6. The van der Waals surface area contributed by atoms with Crippen molar-refractivity contribution in [3.8, 4) is 17.1 Å². The Balaban J connectivity index is 1.95. The lowest BCUT2D eigenvalue weighted by molar-refractivity contribution is -0.120. The standard InChI is InChI=1S/C15H19N3O2/c1-3-14(19)16-9-8-12-10-17-15(18-12)11-4-6-13(20-2)7-5-11/h4-7,10H,3,8-9H2,1-2H3,(H,16,19)(H,17,18). The van der Waals surface area contributed by atoms with E-state index in [2.05, 4.69) is 15.3 Å². The van der Waals surface area contributed by atoms with E-state index in [0.717, 1.165) is 29.3 Å². The highest BCUT2D eigenvalue weighted by Gasteiger charge is 2.04. The van der Waals surface area contributed by atoms with Crippen molar-refractivity contribution in [3.63, 3.8) is 0 Å². The molecule has 0 bridgehead atoms. The van der Waals surface area contributed by atoms with E-state index in [1.165, 1.54) is 0 Å². The number of carbonyl (C=O) groups excluding carboxylic acids is 1.